The van der Waals surface area contributed by atoms with Gasteiger partial charge in [-0.3, -0.25) is 4.79 Å². The van der Waals surface area contributed by atoms with Crippen LogP contribution in [-0.2, 0) is 6.54 Å². The molecular weight excluding hydrogens is 416 g/mol. The molecule has 1 fully saturated rings. The highest BCUT2D eigenvalue weighted by atomic mass is 16.5. The third-order valence-corrected chi connectivity index (χ3v) is 6.06. The average Bonchev–Trinajstić information content (AvgIpc) is 2.87. The van der Waals surface area contributed by atoms with Gasteiger partial charge < -0.3 is 24.8 Å². The lowest BCUT2D eigenvalue weighted by Crippen LogP contribution is -2.32. The molecule has 6 nitrogen and oxygen atoms in total. The number of nitrogens with zero attached hydrogens (tertiary/aromatic N) is 1. The molecule has 1 heterocycles. The number of benzene rings is 3. The number of anilines is 1. The van der Waals surface area contributed by atoms with Crippen molar-refractivity contribution in [3.63, 3.8) is 0 Å². The number of ether oxygens (including phenoxy) is 2. The maximum atomic E-state index is 13.3. The molecule has 1 amide bonds. The number of amides is 1. The molecule has 1 saturated heterocycles. The van der Waals surface area contributed by atoms with Gasteiger partial charge in [-0.15, -0.1) is 0 Å². The maximum absolute atomic E-state index is 13.3. The summed E-state index contributed by atoms with van der Waals surface area (Å²) < 4.78 is 10.4. The Kier molecular flexibility index (Phi) is 7.03. The second-order valence-electron chi connectivity index (χ2n) is 8.20. The van der Waals surface area contributed by atoms with Crippen molar-refractivity contribution >= 4 is 11.6 Å². The summed E-state index contributed by atoms with van der Waals surface area (Å²) in [5, 5.41) is 13.1. The largest absolute Gasteiger partial charge is 0.504 e. The number of piperidine rings is 1. The first kappa shape index (κ1) is 22.5. The van der Waals surface area contributed by atoms with Crippen LogP contribution in [0.15, 0.2) is 60.7 Å². The highest BCUT2D eigenvalue weighted by molar-refractivity contribution is 6.01. The van der Waals surface area contributed by atoms with E-state index in [1.165, 1.54) is 13.5 Å². The molecule has 0 unspecified atom stereocenters. The van der Waals surface area contributed by atoms with E-state index in [4.69, 9.17) is 9.47 Å². The van der Waals surface area contributed by atoms with E-state index in [1.807, 2.05) is 36.4 Å². The summed E-state index contributed by atoms with van der Waals surface area (Å²) in [7, 11) is 3.15. The fourth-order valence-electron chi connectivity index (χ4n) is 4.21. The fourth-order valence-corrected chi connectivity index (χ4v) is 4.21. The molecule has 4 rings (SSSR count). The van der Waals surface area contributed by atoms with Crippen molar-refractivity contribution in [1.82, 2.24) is 5.32 Å². The van der Waals surface area contributed by atoms with Crippen LogP contribution < -0.4 is 19.7 Å². The van der Waals surface area contributed by atoms with Gasteiger partial charge in [-0.25, -0.2) is 0 Å². The van der Waals surface area contributed by atoms with Crippen LogP contribution in [0.3, 0.4) is 0 Å². The normalized spacial score (nSPS) is 13.5. The summed E-state index contributed by atoms with van der Waals surface area (Å²) in [6.07, 6.45) is 3.49. The standard InChI is InChI=1S/C27H30N2O4/c1-32-22-10-7-20(8-11-22)21-9-12-24(29-14-4-3-5-15-29)23(17-21)27(31)28-18-19-6-13-26(33-2)25(30)16-19/h6-13,16-17,30H,3-5,14-15,18H2,1-2H3,(H,28,31). The van der Waals surface area contributed by atoms with Gasteiger partial charge in [0.05, 0.1) is 19.8 Å². The number of nitrogens with one attached hydrogen (secondary N) is 1. The van der Waals surface area contributed by atoms with E-state index in [0.29, 0.717) is 17.9 Å². The molecule has 0 bridgehead atoms. The topological polar surface area (TPSA) is 71.0 Å². The lowest BCUT2D eigenvalue weighted by atomic mass is 9.99. The Morgan fingerprint density at radius 2 is 1.64 bits per heavy atom. The van der Waals surface area contributed by atoms with Crippen LogP contribution in [0.1, 0.15) is 35.2 Å². The van der Waals surface area contributed by atoms with Crippen molar-refractivity contribution in [3.05, 3.63) is 71.8 Å². The highest BCUT2D eigenvalue weighted by Gasteiger charge is 2.20. The quantitative estimate of drug-likeness (QED) is 0.535. The zero-order chi connectivity index (χ0) is 23.2. The fraction of sp³-hybridized carbons (Fsp3) is 0.296. The lowest BCUT2D eigenvalue weighted by Gasteiger charge is -2.30. The second-order valence-corrected chi connectivity index (χ2v) is 8.20. The Balaban J connectivity index is 1.60. The Morgan fingerprint density at radius 1 is 0.909 bits per heavy atom. The molecular formula is C27H30N2O4. The highest BCUT2D eigenvalue weighted by Crippen LogP contribution is 2.31. The van der Waals surface area contributed by atoms with Crippen molar-refractivity contribution in [3.8, 4) is 28.4 Å². The Morgan fingerprint density at radius 3 is 2.30 bits per heavy atom. The number of carbonyl (C=O) groups excluding carboxylic acids is 1. The van der Waals surface area contributed by atoms with Crippen molar-refractivity contribution < 1.29 is 19.4 Å². The number of aromatic hydroxyl groups is 1. The van der Waals surface area contributed by atoms with E-state index in [0.717, 1.165) is 54.1 Å². The average molecular weight is 447 g/mol. The molecule has 0 aromatic heterocycles. The zero-order valence-corrected chi connectivity index (χ0v) is 19.1. The van der Waals surface area contributed by atoms with E-state index in [9.17, 15) is 9.90 Å². The van der Waals surface area contributed by atoms with E-state index < -0.39 is 0 Å². The number of phenols is 1. The maximum Gasteiger partial charge on any atom is 0.253 e. The van der Waals surface area contributed by atoms with Crippen LogP contribution in [0.2, 0.25) is 0 Å². The zero-order valence-electron chi connectivity index (χ0n) is 19.1. The van der Waals surface area contributed by atoms with E-state index in [1.54, 1.807) is 19.2 Å². The molecule has 172 valence electrons. The van der Waals surface area contributed by atoms with Crippen LogP contribution in [0.4, 0.5) is 5.69 Å². The van der Waals surface area contributed by atoms with Crippen LogP contribution in [0.25, 0.3) is 11.1 Å². The predicted octanol–water partition coefficient (Wildman–Crippen LogP) is 5.00. The minimum atomic E-state index is -0.138. The van der Waals surface area contributed by atoms with Crippen LogP contribution in [0, 0.1) is 0 Å². The van der Waals surface area contributed by atoms with Crippen molar-refractivity contribution in [1.29, 1.82) is 0 Å². The summed E-state index contributed by atoms with van der Waals surface area (Å²) in [4.78, 5) is 15.6. The molecule has 1 aliphatic rings. The van der Waals surface area contributed by atoms with Gasteiger partial charge in [-0.2, -0.15) is 0 Å². The first-order valence-electron chi connectivity index (χ1n) is 11.3. The van der Waals surface area contributed by atoms with Crippen molar-refractivity contribution in [2.75, 3.05) is 32.2 Å². The van der Waals surface area contributed by atoms with Gasteiger partial charge >= 0.3 is 0 Å². The molecule has 2 N–H and O–H groups in total. The van der Waals surface area contributed by atoms with Gasteiger partial charge in [0.1, 0.15) is 5.75 Å². The SMILES string of the molecule is COc1ccc(-c2ccc(N3CCCCC3)c(C(=O)NCc3ccc(OC)c(O)c3)c2)cc1. The van der Waals surface area contributed by atoms with E-state index in [2.05, 4.69) is 22.3 Å². The van der Waals surface area contributed by atoms with Crippen LogP contribution in [0.5, 0.6) is 17.2 Å². The molecule has 0 saturated carbocycles. The summed E-state index contributed by atoms with van der Waals surface area (Å²) in [5.41, 5.74) is 4.42. The lowest BCUT2D eigenvalue weighted by molar-refractivity contribution is 0.0951. The van der Waals surface area contributed by atoms with Gasteiger partial charge in [0, 0.05) is 25.3 Å². The van der Waals surface area contributed by atoms with Gasteiger partial charge in [0.2, 0.25) is 0 Å². The van der Waals surface area contributed by atoms with Gasteiger partial charge in [0.15, 0.2) is 11.5 Å². The second kappa shape index (κ2) is 10.3. The summed E-state index contributed by atoms with van der Waals surface area (Å²) in [6.45, 7) is 2.21. The molecule has 0 spiro atoms. The first-order chi connectivity index (χ1) is 16.1. The van der Waals surface area contributed by atoms with Crippen LogP contribution >= 0.6 is 0 Å². The summed E-state index contributed by atoms with van der Waals surface area (Å²) in [6, 6.07) is 19.1. The van der Waals surface area contributed by atoms with E-state index >= 15 is 0 Å². The van der Waals surface area contributed by atoms with Crippen molar-refractivity contribution in [2.24, 2.45) is 0 Å². The molecule has 6 heteroatoms. The summed E-state index contributed by atoms with van der Waals surface area (Å²) in [5.74, 6) is 1.12. The summed E-state index contributed by atoms with van der Waals surface area (Å²) >= 11 is 0. The number of carbonyl (C=O) groups is 1. The van der Waals surface area contributed by atoms with E-state index in [-0.39, 0.29) is 11.7 Å². The number of rotatable bonds is 7. The van der Waals surface area contributed by atoms with Gasteiger partial charge in [-0.1, -0.05) is 24.3 Å². The molecule has 0 aliphatic carbocycles. The molecule has 33 heavy (non-hydrogen) atoms. The predicted molar refractivity (Wildman–Crippen MR) is 130 cm³/mol. The smallest absolute Gasteiger partial charge is 0.253 e. The molecule has 3 aromatic carbocycles. The minimum absolute atomic E-state index is 0.0553. The van der Waals surface area contributed by atoms with Crippen molar-refractivity contribution in [2.45, 2.75) is 25.8 Å². The Labute approximate surface area is 194 Å². The molecule has 0 radical (unpaired) electrons. The molecule has 0 atom stereocenters. The third kappa shape index (κ3) is 5.22. The first-order valence-corrected chi connectivity index (χ1v) is 11.3. The Bertz CT molecular complexity index is 1110. The van der Waals surface area contributed by atoms with Crippen LogP contribution in [-0.4, -0.2) is 38.3 Å². The number of phenolic OH excluding ortho intramolecular Hbond substituents is 1. The number of methoxy groups -OCH3 is 2. The molecule has 3 aromatic rings. The van der Waals surface area contributed by atoms with Gasteiger partial charge in [-0.05, 0) is 72.4 Å². The van der Waals surface area contributed by atoms with Gasteiger partial charge in [0.25, 0.3) is 5.91 Å². The third-order valence-electron chi connectivity index (χ3n) is 6.06. The number of hydrogen-bond acceptors (Lipinski definition) is 5. The Hall–Kier alpha value is -3.67. The molecule has 1 aliphatic heterocycles. The monoisotopic (exact) mass is 446 g/mol. The minimum Gasteiger partial charge on any atom is -0.504 e. The number of hydrogen-bond donors (Lipinski definition) is 2.